The Morgan fingerprint density at radius 2 is 2.25 bits per heavy atom. The number of rotatable bonds is 4. The van der Waals surface area contributed by atoms with Crippen molar-refractivity contribution in [2.45, 2.75) is 44.1 Å². The second-order valence-corrected chi connectivity index (χ2v) is 5.28. The number of carboxylic acids is 1. The van der Waals surface area contributed by atoms with E-state index in [4.69, 9.17) is 10.8 Å². The van der Waals surface area contributed by atoms with Crippen LogP contribution < -0.4 is 5.73 Å². The number of hydrogen-bond donors (Lipinski definition) is 2. The third-order valence-electron chi connectivity index (χ3n) is 2.68. The van der Waals surface area contributed by atoms with Crippen molar-refractivity contribution in [1.29, 1.82) is 0 Å². The predicted octanol–water partition coefficient (Wildman–Crippen LogP) is 0.488. The fourth-order valence-corrected chi connectivity index (χ4v) is 2.97. The van der Waals surface area contributed by atoms with Gasteiger partial charge in [0.1, 0.15) is 6.04 Å². The average Bonchev–Trinajstić information content (AvgIpc) is 2.59. The van der Waals surface area contributed by atoms with Crippen molar-refractivity contribution in [1.82, 2.24) is 4.90 Å². The second kappa shape index (κ2) is 5.54. The SMILES string of the molecule is CCCC(N)C(=O)N1C(C)SCC1C(=O)O. The summed E-state index contributed by atoms with van der Waals surface area (Å²) in [6, 6.07) is -1.30. The maximum absolute atomic E-state index is 12.0. The minimum absolute atomic E-state index is 0.100. The van der Waals surface area contributed by atoms with E-state index in [1.807, 2.05) is 13.8 Å². The van der Waals surface area contributed by atoms with E-state index in [-0.39, 0.29) is 11.3 Å². The van der Waals surface area contributed by atoms with Crippen molar-refractivity contribution >= 4 is 23.6 Å². The smallest absolute Gasteiger partial charge is 0.327 e. The van der Waals surface area contributed by atoms with Gasteiger partial charge < -0.3 is 15.7 Å². The van der Waals surface area contributed by atoms with Crippen molar-refractivity contribution in [3.05, 3.63) is 0 Å². The first kappa shape index (κ1) is 13.3. The highest BCUT2D eigenvalue weighted by Crippen LogP contribution is 2.29. The van der Waals surface area contributed by atoms with Gasteiger partial charge >= 0.3 is 5.97 Å². The minimum Gasteiger partial charge on any atom is -0.480 e. The molecule has 3 atom stereocenters. The van der Waals surface area contributed by atoms with E-state index < -0.39 is 18.1 Å². The average molecular weight is 246 g/mol. The normalized spacial score (nSPS) is 26.8. The van der Waals surface area contributed by atoms with Gasteiger partial charge in [0.05, 0.1) is 11.4 Å². The van der Waals surface area contributed by atoms with Crippen LogP contribution in [-0.2, 0) is 9.59 Å². The first-order chi connectivity index (χ1) is 7.49. The molecule has 3 N–H and O–H groups in total. The molecule has 0 spiro atoms. The van der Waals surface area contributed by atoms with Gasteiger partial charge in [-0.1, -0.05) is 13.3 Å². The Balaban J connectivity index is 2.75. The second-order valence-electron chi connectivity index (χ2n) is 3.93. The summed E-state index contributed by atoms with van der Waals surface area (Å²) in [7, 11) is 0. The van der Waals surface area contributed by atoms with Crippen molar-refractivity contribution in [3.8, 4) is 0 Å². The fourth-order valence-electron chi connectivity index (χ4n) is 1.79. The van der Waals surface area contributed by atoms with Crippen molar-refractivity contribution in [2.24, 2.45) is 5.73 Å². The topological polar surface area (TPSA) is 83.6 Å². The van der Waals surface area contributed by atoms with Crippen molar-refractivity contribution in [3.63, 3.8) is 0 Å². The lowest BCUT2D eigenvalue weighted by molar-refractivity contribution is -0.149. The molecule has 92 valence electrons. The molecule has 1 fully saturated rings. The van der Waals surface area contributed by atoms with E-state index in [1.165, 1.54) is 16.7 Å². The van der Waals surface area contributed by atoms with Gasteiger partial charge in [-0.05, 0) is 13.3 Å². The molecule has 3 unspecified atom stereocenters. The van der Waals surface area contributed by atoms with Crippen LogP contribution in [0.4, 0.5) is 0 Å². The van der Waals surface area contributed by atoms with Crippen LogP contribution in [0, 0.1) is 0 Å². The summed E-state index contributed by atoms with van der Waals surface area (Å²) in [5.74, 6) is -0.748. The van der Waals surface area contributed by atoms with Gasteiger partial charge in [-0.3, -0.25) is 4.79 Å². The molecule has 0 aliphatic carbocycles. The molecule has 0 aromatic rings. The van der Waals surface area contributed by atoms with Crippen molar-refractivity contribution in [2.75, 3.05) is 5.75 Å². The van der Waals surface area contributed by atoms with Gasteiger partial charge in [-0.2, -0.15) is 0 Å². The molecule has 1 aliphatic heterocycles. The number of nitrogens with zero attached hydrogens (tertiary/aromatic N) is 1. The Kier molecular flexibility index (Phi) is 4.61. The van der Waals surface area contributed by atoms with Crippen LogP contribution in [0.25, 0.3) is 0 Å². The Morgan fingerprint density at radius 3 is 2.75 bits per heavy atom. The van der Waals surface area contributed by atoms with E-state index in [1.54, 1.807) is 0 Å². The summed E-state index contributed by atoms with van der Waals surface area (Å²) in [6.45, 7) is 3.79. The highest BCUT2D eigenvalue weighted by molar-refractivity contribution is 8.00. The lowest BCUT2D eigenvalue weighted by atomic mass is 10.1. The molecule has 1 heterocycles. The van der Waals surface area contributed by atoms with E-state index in [9.17, 15) is 9.59 Å². The van der Waals surface area contributed by atoms with E-state index in [0.29, 0.717) is 12.2 Å². The van der Waals surface area contributed by atoms with Crippen LogP contribution >= 0.6 is 11.8 Å². The number of aliphatic carboxylic acids is 1. The molecule has 1 saturated heterocycles. The maximum Gasteiger partial charge on any atom is 0.327 e. The molecule has 0 bridgehead atoms. The maximum atomic E-state index is 12.0. The highest BCUT2D eigenvalue weighted by Gasteiger charge is 2.40. The standard InChI is InChI=1S/C10H18N2O3S/c1-3-4-7(11)9(13)12-6(2)16-5-8(12)10(14)15/h6-8H,3-5,11H2,1-2H3,(H,14,15). The number of nitrogens with two attached hydrogens (primary N) is 1. The van der Waals surface area contributed by atoms with Gasteiger partial charge in [-0.25, -0.2) is 4.79 Å². The number of carboxylic acid groups (broad SMARTS) is 1. The lowest BCUT2D eigenvalue weighted by Crippen LogP contribution is -2.51. The van der Waals surface area contributed by atoms with Crippen molar-refractivity contribution < 1.29 is 14.7 Å². The van der Waals surface area contributed by atoms with Crippen LogP contribution in [0.1, 0.15) is 26.7 Å². The molecule has 1 rings (SSSR count). The largest absolute Gasteiger partial charge is 0.480 e. The summed E-state index contributed by atoms with van der Waals surface area (Å²) in [5, 5.41) is 8.91. The molecule has 1 amide bonds. The molecule has 5 nitrogen and oxygen atoms in total. The number of amides is 1. The zero-order valence-corrected chi connectivity index (χ0v) is 10.4. The molecule has 0 aromatic carbocycles. The van der Waals surface area contributed by atoms with Gasteiger partial charge in [0.15, 0.2) is 0 Å². The molecule has 0 aromatic heterocycles. The quantitative estimate of drug-likeness (QED) is 0.754. The predicted molar refractivity (Wildman–Crippen MR) is 63.1 cm³/mol. The zero-order valence-electron chi connectivity index (χ0n) is 9.55. The fraction of sp³-hybridized carbons (Fsp3) is 0.800. The third kappa shape index (κ3) is 2.68. The first-order valence-corrected chi connectivity index (χ1v) is 6.46. The zero-order chi connectivity index (χ0) is 12.3. The molecule has 16 heavy (non-hydrogen) atoms. The van der Waals surface area contributed by atoms with Crippen LogP contribution in [-0.4, -0.2) is 45.1 Å². The van der Waals surface area contributed by atoms with Crippen LogP contribution in [0.15, 0.2) is 0 Å². The van der Waals surface area contributed by atoms with Crippen LogP contribution in [0.3, 0.4) is 0 Å². The Bertz CT molecular complexity index is 285. The monoisotopic (exact) mass is 246 g/mol. The molecular formula is C10H18N2O3S. The first-order valence-electron chi connectivity index (χ1n) is 5.41. The van der Waals surface area contributed by atoms with Crippen LogP contribution in [0.2, 0.25) is 0 Å². The molecule has 0 radical (unpaired) electrons. The summed E-state index contributed by atoms with van der Waals surface area (Å²) < 4.78 is 0. The van der Waals surface area contributed by atoms with Gasteiger partial charge in [0.2, 0.25) is 5.91 Å². The van der Waals surface area contributed by atoms with E-state index in [2.05, 4.69) is 0 Å². The summed E-state index contributed by atoms with van der Waals surface area (Å²) in [4.78, 5) is 24.4. The molecule has 0 saturated carbocycles. The van der Waals surface area contributed by atoms with Gasteiger partial charge in [0.25, 0.3) is 0 Å². The molecular weight excluding hydrogens is 228 g/mol. The Labute approximate surface area is 99.4 Å². The number of thioether (sulfide) groups is 1. The molecule has 1 aliphatic rings. The van der Waals surface area contributed by atoms with E-state index >= 15 is 0 Å². The van der Waals surface area contributed by atoms with E-state index in [0.717, 1.165) is 6.42 Å². The Morgan fingerprint density at radius 1 is 1.62 bits per heavy atom. The number of carbonyl (C=O) groups excluding carboxylic acids is 1. The highest BCUT2D eigenvalue weighted by atomic mass is 32.2. The molecule has 6 heteroatoms. The Hall–Kier alpha value is -0.750. The lowest BCUT2D eigenvalue weighted by Gasteiger charge is -2.27. The number of hydrogen-bond acceptors (Lipinski definition) is 4. The third-order valence-corrected chi connectivity index (χ3v) is 3.90. The summed E-state index contributed by atoms with van der Waals surface area (Å²) >= 11 is 1.47. The van der Waals surface area contributed by atoms with Gasteiger partial charge in [0, 0.05) is 5.75 Å². The minimum atomic E-state index is -0.950. The summed E-state index contributed by atoms with van der Waals surface area (Å²) in [5.41, 5.74) is 5.74. The van der Waals surface area contributed by atoms with Gasteiger partial charge in [-0.15, -0.1) is 11.8 Å². The summed E-state index contributed by atoms with van der Waals surface area (Å²) in [6.07, 6.45) is 1.42. The number of carbonyl (C=O) groups is 2. The van der Waals surface area contributed by atoms with Crippen LogP contribution in [0.5, 0.6) is 0 Å².